The molecule has 108 valence electrons. The molecule has 21 heavy (non-hydrogen) atoms. The molecular weight excluding hydrogens is 266 g/mol. The van der Waals surface area contributed by atoms with E-state index in [9.17, 15) is 9.59 Å². The zero-order valence-electron chi connectivity index (χ0n) is 12.0. The number of hydrogen-bond donors (Lipinski definition) is 2. The quantitative estimate of drug-likeness (QED) is 0.906. The number of hydrogen-bond acceptors (Lipinski definition) is 2. The smallest absolute Gasteiger partial charge is 0.335 e. The highest BCUT2D eigenvalue weighted by atomic mass is 16.4. The van der Waals surface area contributed by atoms with Gasteiger partial charge in [0.25, 0.3) is 5.91 Å². The molecule has 0 fully saturated rings. The van der Waals surface area contributed by atoms with Gasteiger partial charge in [-0.1, -0.05) is 18.2 Å². The van der Waals surface area contributed by atoms with E-state index in [-0.39, 0.29) is 11.5 Å². The predicted octanol–water partition coefficient (Wildman–Crippen LogP) is 3.11. The molecule has 2 aromatic rings. The third-order valence-corrected chi connectivity index (χ3v) is 3.25. The zero-order chi connectivity index (χ0) is 15.4. The van der Waals surface area contributed by atoms with Gasteiger partial charge in [0.1, 0.15) is 0 Å². The van der Waals surface area contributed by atoms with Crippen LogP contribution < -0.4 is 5.32 Å². The number of carbonyl (C=O) groups is 2. The topological polar surface area (TPSA) is 66.4 Å². The summed E-state index contributed by atoms with van der Waals surface area (Å²) in [7, 11) is 0. The lowest BCUT2D eigenvalue weighted by Gasteiger charge is -2.09. The Morgan fingerprint density at radius 3 is 2.48 bits per heavy atom. The highest BCUT2D eigenvalue weighted by molar-refractivity contribution is 5.95. The summed E-state index contributed by atoms with van der Waals surface area (Å²) in [5, 5.41) is 11.8. The van der Waals surface area contributed by atoms with Gasteiger partial charge in [-0.25, -0.2) is 4.79 Å². The van der Waals surface area contributed by atoms with Crippen molar-refractivity contribution >= 4 is 11.9 Å². The molecule has 0 aliphatic heterocycles. The number of aryl methyl sites for hydroxylation is 1. The predicted molar refractivity (Wildman–Crippen MR) is 81.6 cm³/mol. The molecule has 0 aliphatic carbocycles. The first-order valence-electron chi connectivity index (χ1n) is 6.75. The van der Waals surface area contributed by atoms with Gasteiger partial charge in [-0.05, 0) is 54.8 Å². The second-order valence-corrected chi connectivity index (χ2v) is 4.78. The van der Waals surface area contributed by atoms with E-state index in [1.165, 1.54) is 0 Å². The van der Waals surface area contributed by atoms with Gasteiger partial charge < -0.3 is 10.4 Å². The molecule has 0 atom stereocenters. The Morgan fingerprint density at radius 1 is 1.10 bits per heavy atom. The fourth-order valence-corrected chi connectivity index (χ4v) is 2.21. The highest BCUT2D eigenvalue weighted by Gasteiger charge is 2.09. The number of carboxylic acids is 1. The summed E-state index contributed by atoms with van der Waals surface area (Å²) in [4.78, 5) is 22.8. The number of aromatic carboxylic acids is 1. The molecular formula is C17H17NO3. The number of nitrogens with one attached hydrogen (secondary N) is 1. The number of amides is 1. The van der Waals surface area contributed by atoms with Crippen LogP contribution in [0.3, 0.4) is 0 Å². The molecule has 0 saturated carbocycles. The number of carboxylic acid groups (broad SMARTS) is 1. The summed E-state index contributed by atoms with van der Waals surface area (Å²) in [5.74, 6) is -1.06. The van der Waals surface area contributed by atoms with Crippen LogP contribution in [0.4, 0.5) is 0 Å². The lowest BCUT2D eigenvalue weighted by atomic mass is 9.97. The van der Waals surface area contributed by atoms with Gasteiger partial charge >= 0.3 is 5.97 Å². The molecule has 0 bridgehead atoms. The summed E-state index contributed by atoms with van der Waals surface area (Å²) < 4.78 is 0. The monoisotopic (exact) mass is 283 g/mol. The summed E-state index contributed by atoms with van der Waals surface area (Å²) in [6.45, 7) is 4.31. The van der Waals surface area contributed by atoms with Crippen molar-refractivity contribution in [1.82, 2.24) is 5.32 Å². The first-order valence-corrected chi connectivity index (χ1v) is 6.75. The van der Waals surface area contributed by atoms with Gasteiger partial charge in [-0.15, -0.1) is 0 Å². The first kappa shape index (κ1) is 14.8. The molecule has 2 N–H and O–H groups in total. The molecule has 0 spiro atoms. The maximum atomic E-state index is 11.9. The maximum Gasteiger partial charge on any atom is 0.335 e. The van der Waals surface area contributed by atoms with E-state index in [1.54, 1.807) is 24.3 Å². The van der Waals surface area contributed by atoms with Gasteiger partial charge in [0, 0.05) is 12.1 Å². The molecule has 2 rings (SSSR count). The number of carbonyl (C=O) groups excluding carboxylic acids is 1. The number of rotatable bonds is 4. The molecule has 0 heterocycles. The summed E-state index contributed by atoms with van der Waals surface area (Å²) in [6, 6.07) is 12.3. The van der Waals surface area contributed by atoms with Crippen LogP contribution >= 0.6 is 0 Å². The van der Waals surface area contributed by atoms with Crippen LogP contribution in [0.1, 0.15) is 33.2 Å². The van der Waals surface area contributed by atoms with Crippen molar-refractivity contribution in [2.24, 2.45) is 0 Å². The van der Waals surface area contributed by atoms with E-state index in [4.69, 9.17) is 5.11 Å². The van der Waals surface area contributed by atoms with Gasteiger partial charge in [0.15, 0.2) is 0 Å². The van der Waals surface area contributed by atoms with Crippen LogP contribution in [0.2, 0.25) is 0 Å². The molecule has 4 heteroatoms. The standard InChI is InChI=1S/C17H17NO3/c1-3-18-16(19)13-6-4-5-12(10-13)15-8-7-14(17(20)21)9-11(15)2/h4-10H,3H2,1-2H3,(H,18,19)(H,20,21). The Kier molecular flexibility index (Phi) is 4.38. The second-order valence-electron chi connectivity index (χ2n) is 4.78. The van der Waals surface area contributed by atoms with Crippen LogP contribution in [0.5, 0.6) is 0 Å². The minimum absolute atomic E-state index is 0.112. The third kappa shape index (κ3) is 3.28. The molecule has 0 aromatic heterocycles. The molecule has 0 aliphatic rings. The van der Waals surface area contributed by atoms with Crippen molar-refractivity contribution in [1.29, 1.82) is 0 Å². The van der Waals surface area contributed by atoms with Crippen molar-refractivity contribution in [3.05, 3.63) is 59.2 Å². The number of benzene rings is 2. The average Bonchev–Trinajstić information content (AvgIpc) is 2.47. The molecule has 0 saturated heterocycles. The minimum atomic E-state index is -0.944. The fourth-order valence-electron chi connectivity index (χ4n) is 2.21. The average molecular weight is 283 g/mol. The Labute approximate surface area is 123 Å². The molecule has 0 unspecified atom stereocenters. The van der Waals surface area contributed by atoms with Crippen molar-refractivity contribution in [3.63, 3.8) is 0 Å². The third-order valence-electron chi connectivity index (χ3n) is 3.25. The lowest BCUT2D eigenvalue weighted by molar-refractivity contribution is 0.0696. The van der Waals surface area contributed by atoms with Crippen molar-refractivity contribution in [2.75, 3.05) is 6.54 Å². The molecule has 4 nitrogen and oxygen atoms in total. The summed E-state index contributed by atoms with van der Waals surface area (Å²) in [6.07, 6.45) is 0. The SMILES string of the molecule is CCNC(=O)c1cccc(-c2ccc(C(=O)O)cc2C)c1. The maximum absolute atomic E-state index is 11.9. The first-order chi connectivity index (χ1) is 10.0. The van der Waals surface area contributed by atoms with Gasteiger partial charge in [0.2, 0.25) is 0 Å². The van der Waals surface area contributed by atoms with E-state index in [0.717, 1.165) is 16.7 Å². The van der Waals surface area contributed by atoms with Crippen LogP contribution in [-0.2, 0) is 0 Å². The fraction of sp³-hybridized carbons (Fsp3) is 0.176. The minimum Gasteiger partial charge on any atom is -0.478 e. The molecule has 1 amide bonds. The second kappa shape index (κ2) is 6.22. The van der Waals surface area contributed by atoms with E-state index in [1.807, 2.05) is 32.0 Å². The molecule has 2 aromatic carbocycles. The van der Waals surface area contributed by atoms with E-state index >= 15 is 0 Å². The zero-order valence-corrected chi connectivity index (χ0v) is 12.0. The van der Waals surface area contributed by atoms with Crippen LogP contribution in [0, 0.1) is 6.92 Å². The molecule has 0 radical (unpaired) electrons. The largest absolute Gasteiger partial charge is 0.478 e. The Morgan fingerprint density at radius 2 is 1.86 bits per heavy atom. The van der Waals surface area contributed by atoms with Crippen LogP contribution in [0.15, 0.2) is 42.5 Å². The van der Waals surface area contributed by atoms with Gasteiger partial charge in [-0.2, -0.15) is 0 Å². The highest BCUT2D eigenvalue weighted by Crippen LogP contribution is 2.25. The van der Waals surface area contributed by atoms with Gasteiger partial charge in [-0.3, -0.25) is 4.79 Å². The van der Waals surface area contributed by atoms with E-state index in [2.05, 4.69) is 5.32 Å². The Bertz CT molecular complexity index is 692. The van der Waals surface area contributed by atoms with Crippen LogP contribution in [0.25, 0.3) is 11.1 Å². The lowest BCUT2D eigenvalue weighted by Crippen LogP contribution is -2.22. The van der Waals surface area contributed by atoms with Crippen molar-refractivity contribution < 1.29 is 14.7 Å². The normalized spacial score (nSPS) is 10.2. The van der Waals surface area contributed by atoms with Crippen molar-refractivity contribution in [2.45, 2.75) is 13.8 Å². The van der Waals surface area contributed by atoms with Gasteiger partial charge in [0.05, 0.1) is 5.56 Å². The Hall–Kier alpha value is -2.62. The Balaban J connectivity index is 2.40. The van der Waals surface area contributed by atoms with E-state index < -0.39 is 5.97 Å². The van der Waals surface area contributed by atoms with E-state index in [0.29, 0.717) is 12.1 Å². The van der Waals surface area contributed by atoms with Crippen molar-refractivity contribution in [3.8, 4) is 11.1 Å². The summed E-state index contributed by atoms with van der Waals surface area (Å²) in [5.41, 5.74) is 3.54. The summed E-state index contributed by atoms with van der Waals surface area (Å²) >= 11 is 0. The van der Waals surface area contributed by atoms with Crippen LogP contribution in [-0.4, -0.2) is 23.5 Å².